The summed E-state index contributed by atoms with van der Waals surface area (Å²) in [5.74, 6) is -0.601. The molecule has 3 aromatic rings. The van der Waals surface area contributed by atoms with Crippen LogP contribution in [-0.2, 0) is 0 Å². The molecule has 0 heterocycles. The first-order valence-corrected chi connectivity index (χ1v) is 7.85. The molecule has 0 atom stereocenters. The molecule has 3 rings (SSSR count). The van der Waals surface area contributed by atoms with Gasteiger partial charge in [-0.25, -0.2) is 9.59 Å². The van der Waals surface area contributed by atoms with Crippen molar-refractivity contribution in [1.29, 1.82) is 0 Å². The van der Waals surface area contributed by atoms with Gasteiger partial charge in [0.15, 0.2) is 0 Å². The summed E-state index contributed by atoms with van der Waals surface area (Å²) in [5.41, 5.74) is 0.117. The molecule has 0 fully saturated rings. The van der Waals surface area contributed by atoms with Crippen LogP contribution in [0.1, 0.15) is 20.7 Å². The van der Waals surface area contributed by atoms with E-state index in [1.165, 1.54) is 18.2 Å². The molecule has 124 valence electrons. The second kappa shape index (κ2) is 7.64. The van der Waals surface area contributed by atoms with E-state index in [4.69, 9.17) is 21.1 Å². The van der Waals surface area contributed by atoms with E-state index in [9.17, 15) is 9.59 Å². The summed E-state index contributed by atoms with van der Waals surface area (Å²) in [6.07, 6.45) is 0. The molecule has 0 aromatic heterocycles. The molecule has 0 N–H and O–H groups in total. The molecular formula is C20H13ClO4. The van der Waals surface area contributed by atoms with Crippen LogP contribution in [0.15, 0.2) is 78.9 Å². The van der Waals surface area contributed by atoms with Gasteiger partial charge in [0.1, 0.15) is 11.5 Å². The van der Waals surface area contributed by atoms with Gasteiger partial charge in [0, 0.05) is 5.02 Å². The van der Waals surface area contributed by atoms with Crippen LogP contribution < -0.4 is 9.47 Å². The third kappa shape index (κ3) is 4.25. The maximum absolute atomic E-state index is 12.5. The number of para-hydroxylation sites is 2. The summed E-state index contributed by atoms with van der Waals surface area (Å²) in [6.45, 7) is 0. The predicted octanol–water partition coefficient (Wildman–Crippen LogP) is 4.78. The van der Waals surface area contributed by atoms with E-state index in [0.29, 0.717) is 16.5 Å². The van der Waals surface area contributed by atoms with Crippen molar-refractivity contribution >= 4 is 23.5 Å². The smallest absolute Gasteiger partial charge is 0.344 e. The Labute approximate surface area is 149 Å². The molecular weight excluding hydrogens is 340 g/mol. The Balaban J connectivity index is 1.87. The zero-order chi connectivity index (χ0) is 17.6. The van der Waals surface area contributed by atoms with Gasteiger partial charge in [-0.05, 0) is 42.5 Å². The van der Waals surface area contributed by atoms with Crippen molar-refractivity contribution in [3.8, 4) is 11.5 Å². The average Bonchev–Trinajstić information content (AvgIpc) is 2.63. The largest absolute Gasteiger partial charge is 0.423 e. The monoisotopic (exact) mass is 352 g/mol. The molecule has 5 heteroatoms. The molecule has 0 radical (unpaired) electrons. The lowest BCUT2D eigenvalue weighted by molar-refractivity contribution is 0.0692. The minimum absolute atomic E-state index is 0.0392. The molecule has 0 aliphatic heterocycles. The molecule has 0 bridgehead atoms. The Bertz CT molecular complexity index is 892. The Kier molecular flexibility index (Phi) is 5.11. The summed E-state index contributed by atoms with van der Waals surface area (Å²) >= 11 is 5.97. The summed E-state index contributed by atoms with van der Waals surface area (Å²) in [6, 6.07) is 21.5. The Morgan fingerprint density at radius 1 is 0.640 bits per heavy atom. The van der Waals surface area contributed by atoms with Gasteiger partial charge in [0.25, 0.3) is 0 Å². The van der Waals surface area contributed by atoms with Crippen LogP contribution in [0.5, 0.6) is 11.5 Å². The predicted molar refractivity (Wildman–Crippen MR) is 94.3 cm³/mol. The van der Waals surface area contributed by atoms with Crippen molar-refractivity contribution in [1.82, 2.24) is 0 Å². The molecule has 0 saturated carbocycles. The molecule has 25 heavy (non-hydrogen) atoms. The second-order valence-corrected chi connectivity index (χ2v) is 5.53. The van der Waals surface area contributed by atoms with E-state index in [-0.39, 0.29) is 11.1 Å². The second-order valence-electron chi connectivity index (χ2n) is 5.10. The van der Waals surface area contributed by atoms with Crippen LogP contribution in [0.4, 0.5) is 0 Å². The number of benzene rings is 3. The van der Waals surface area contributed by atoms with Crippen molar-refractivity contribution in [3.05, 3.63) is 95.0 Å². The van der Waals surface area contributed by atoms with E-state index in [1.807, 2.05) is 6.07 Å². The van der Waals surface area contributed by atoms with Gasteiger partial charge < -0.3 is 9.47 Å². The number of hydrogen-bond donors (Lipinski definition) is 0. The summed E-state index contributed by atoms with van der Waals surface area (Å²) in [4.78, 5) is 24.9. The van der Waals surface area contributed by atoms with Gasteiger partial charge in [-0.15, -0.1) is 0 Å². The van der Waals surface area contributed by atoms with Crippen LogP contribution in [0, 0.1) is 0 Å². The highest BCUT2D eigenvalue weighted by Gasteiger charge is 2.21. The van der Waals surface area contributed by atoms with Gasteiger partial charge >= 0.3 is 11.9 Å². The number of ether oxygens (including phenoxy) is 2. The van der Waals surface area contributed by atoms with E-state index < -0.39 is 11.9 Å². The highest BCUT2D eigenvalue weighted by molar-refractivity contribution is 6.31. The molecule has 0 saturated heterocycles. The van der Waals surface area contributed by atoms with Crippen LogP contribution in [-0.4, -0.2) is 11.9 Å². The summed E-state index contributed by atoms with van der Waals surface area (Å²) in [5, 5.41) is 0.316. The van der Waals surface area contributed by atoms with Crippen LogP contribution in [0.3, 0.4) is 0 Å². The topological polar surface area (TPSA) is 52.6 Å². The fourth-order valence-electron chi connectivity index (χ4n) is 2.16. The first kappa shape index (κ1) is 16.7. The molecule has 0 unspecified atom stereocenters. The summed E-state index contributed by atoms with van der Waals surface area (Å²) in [7, 11) is 0. The van der Waals surface area contributed by atoms with Crippen molar-refractivity contribution in [2.75, 3.05) is 0 Å². The quantitative estimate of drug-likeness (QED) is 0.501. The number of esters is 2. The van der Waals surface area contributed by atoms with Crippen molar-refractivity contribution in [2.24, 2.45) is 0 Å². The highest BCUT2D eigenvalue weighted by Crippen LogP contribution is 2.21. The van der Waals surface area contributed by atoms with E-state index in [0.717, 1.165) is 0 Å². The van der Waals surface area contributed by atoms with Gasteiger partial charge in [-0.1, -0.05) is 48.0 Å². The third-order valence-electron chi connectivity index (χ3n) is 3.33. The molecule has 3 aromatic carbocycles. The van der Waals surface area contributed by atoms with Crippen LogP contribution >= 0.6 is 11.6 Å². The Hall–Kier alpha value is -3.11. The van der Waals surface area contributed by atoms with Gasteiger partial charge in [-0.3, -0.25) is 0 Å². The van der Waals surface area contributed by atoms with E-state index in [1.54, 1.807) is 54.6 Å². The molecule has 0 aliphatic rings. The zero-order valence-electron chi connectivity index (χ0n) is 13.0. The zero-order valence-corrected chi connectivity index (χ0v) is 13.8. The fourth-order valence-corrected chi connectivity index (χ4v) is 2.34. The number of carbonyl (C=O) groups excluding carboxylic acids is 2. The molecule has 0 amide bonds. The molecule has 4 nitrogen and oxygen atoms in total. The number of hydrogen-bond acceptors (Lipinski definition) is 4. The SMILES string of the molecule is O=C(Oc1ccccc1)c1ccc(Cl)cc1C(=O)Oc1ccccc1. The summed E-state index contributed by atoms with van der Waals surface area (Å²) < 4.78 is 10.6. The van der Waals surface area contributed by atoms with Gasteiger partial charge in [0.2, 0.25) is 0 Å². The first-order valence-electron chi connectivity index (χ1n) is 7.47. The number of halogens is 1. The van der Waals surface area contributed by atoms with E-state index >= 15 is 0 Å². The average molecular weight is 353 g/mol. The first-order chi connectivity index (χ1) is 12.1. The van der Waals surface area contributed by atoms with Crippen molar-refractivity contribution < 1.29 is 19.1 Å². The number of rotatable bonds is 4. The van der Waals surface area contributed by atoms with Gasteiger partial charge in [0.05, 0.1) is 11.1 Å². The van der Waals surface area contributed by atoms with Crippen molar-refractivity contribution in [3.63, 3.8) is 0 Å². The fraction of sp³-hybridized carbons (Fsp3) is 0. The van der Waals surface area contributed by atoms with Crippen molar-refractivity contribution in [2.45, 2.75) is 0 Å². The minimum atomic E-state index is -0.686. The Morgan fingerprint density at radius 2 is 1.12 bits per heavy atom. The normalized spacial score (nSPS) is 10.1. The van der Waals surface area contributed by atoms with Gasteiger partial charge in [-0.2, -0.15) is 0 Å². The Morgan fingerprint density at radius 3 is 1.64 bits per heavy atom. The third-order valence-corrected chi connectivity index (χ3v) is 3.56. The molecule has 0 spiro atoms. The molecule has 0 aliphatic carbocycles. The maximum atomic E-state index is 12.5. The maximum Gasteiger partial charge on any atom is 0.344 e. The highest BCUT2D eigenvalue weighted by atomic mass is 35.5. The lowest BCUT2D eigenvalue weighted by Crippen LogP contribution is -2.17. The van der Waals surface area contributed by atoms with Crippen LogP contribution in [0.2, 0.25) is 5.02 Å². The number of carbonyl (C=O) groups is 2. The lowest BCUT2D eigenvalue weighted by atomic mass is 10.1. The lowest BCUT2D eigenvalue weighted by Gasteiger charge is -2.10. The van der Waals surface area contributed by atoms with E-state index in [2.05, 4.69) is 0 Å². The standard InChI is InChI=1S/C20H13ClO4/c21-14-11-12-17(19(22)24-15-7-3-1-4-8-15)18(13-14)20(23)25-16-9-5-2-6-10-16/h1-13H. The van der Waals surface area contributed by atoms with Crippen LogP contribution in [0.25, 0.3) is 0 Å². The minimum Gasteiger partial charge on any atom is -0.423 e.